The van der Waals surface area contributed by atoms with E-state index < -0.39 is 0 Å². The fraction of sp³-hybridized carbons (Fsp3) is 0.300. The molecule has 0 saturated carbocycles. The number of benzene rings is 1. The molecule has 0 unspecified atom stereocenters. The summed E-state index contributed by atoms with van der Waals surface area (Å²) < 4.78 is 5.13. The number of aryl methyl sites for hydroxylation is 1. The van der Waals surface area contributed by atoms with Crippen molar-refractivity contribution in [2.45, 2.75) is 13.3 Å². The highest BCUT2D eigenvalue weighted by Crippen LogP contribution is 2.22. The van der Waals surface area contributed by atoms with E-state index in [-0.39, 0.29) is 6.61 Å². The van der Waals surface area contributed by atoms with Crippen LogP contribution in [0.5, 0.6) is 5.75 Å². The van der Waals surface area contributed by atoms with Crippen molar-refractivity contribution in [3.05, 3.63) is 28.8 Å². The first-order chi connectivity index (χ1) is 6.27. The third-order valence-corrected chi connectivity index (χ3v) is 2.07. The third-order valence-electron chi connectivity index (χ3n) is 1.70. The zero-order valence-electron chi connectivity index (χ0n) is 7.38. The minimum Gasteiger partial charge on any atom is -0.479 e. The summed E-state index contributed by atoms with van der Waals surface area (Å²) in [6.07, 6.45) is 0.864. The lowest BCUT2D eigenvalue weighted by Gasteiger charge is -2.05. The molecule has 0 heterocycles. The van der Waals surface area contributed by atoms with Crippen molar-refractivity contribution in [3.63, 3.8) is 0 Å². The molecule has 0 amide bonds. The molecule has 0 N–H and O–H groups in total. The van der Waals surface area contributed by atoms with E-state index in [0.29, 0.717) is 5.75 Å². The van der Waals surface area contributed by atoms with Gasteiger partial charge in [-0.05, 0) is 30.2 Å². The molecule has 0 spiro atoms. The Kier molecular flexibility index (Phi) is 3.60. The largest absolute Gasteiger partial charge is 0.479 e. The Bertz CT molecular complexity index is 330. The maximum Gasteiger partial charge on any atom is 0.174 e. The van der Waals surface area contributed by atoms with E-state index in [2.05, 4.69) is 0 Å². The average Bonchev–Trinajstić information content (AvgIpc) is 2.16. The van der Waals surface area contributed by atoms with Gasteiger partial charge in [0.15, 0.2) is 6.61 Å². The molecule has 1 rings (SSSR count). The number of hydrogen-bond donors (Lipinski definition) is 0. The highest BCUT2D eigenvalue weighted by molar-refractivity contribution is 6.31. The van der Waals surface area contributed by atoms with Crippen LogP contribution >= 0.6 is 11.6 Å². The maximum absolute atomic E-state index is 8.31. The molecule has 1 aromatic rings. The molecule has 13 heavy (non-hydrogen) atoms. The van der Waals surface area contributed by atoms with Crippen LogP contribution in [-0.4, -0.2) is 6.61 Å². The van der Waals surface area contributed by atoms with Gasteiger partial charge in [0.2, 0.25) is 0 Å². The number of nitriles is 1. The van der Waals surface area contributed by atoms with Gasteiger partial charge in [0.25, 0.3) is 0 Å². The van der Waals surface area contributed by atoms with Crippen molar-refractivity contribution in [1.29, 1.82) is 5.26 Å². The molecular formula is C10H10ClNO. The van der Waals surface area contributed by atoms with Crippen LogP contribution in [0.3, 0.4) is 0 Å². The predicted molar refractivity (Wildman–Crippen MR) is 51.9 cm³/mol. The van der Waals surface area contributed by atoms with E-state index >= 15 is 0 Å². The van der Waals surface area contributed by atoms with Crippen LogP contribution < -0.4 is 4.74 Å². The smallest absolute Gasteiger partial charge is 0.174 e. The average molecular weight is 196 g/mol. The van der Waals surface area contributed by atoms with Crippen molar-refractivity contribution in [3.8, 4) is 11.8 Å². The maximum atomic E-state index is 8.31. The van der Waals surface area contributed by atoms with E-state index in [0.717, 1.165) is 17.0 Å². The third kappa shape index (κ3) is 2.64. The van der Waals surface area contributed by atoms with Crippen molar-refractivity contribution >= 4 is 11.6 Å². The van der Waals surface area contributed by atoms with Crippen molar-refractivity contribution in [2.75, 3.05) is 6.61 Å². The Morgan fingerprint density at radius 1 is 1.54 bits per heavy atom. The second-order valence-electron chi connectivity index (χ2n) is 2.55. The summed E-state index contributed by atoms with van der Waals surface area (Å²) in [7, 11) is 0. The fourth-order valence-electron chi connectivity index (χ4n) is 1.03. The van der Waals surface area contributed by atoms with Gasteiger partial charge in [-0.15, -0.1) is 0 Å². The Morgan fingerprint density at radius 3 is 2.92 bits per heavy atom. The van der Waals surface area contributed by atoms with E-state index in [1.54, 1.807) is 12.1 Å². The van der Waals surface area contributed by atoms with Gasteiger partial charge in [0, 0.05) is 5.02 Å². The minimum atomic E-state index is 0.0742. The van der Waals surface area contributed by atoms with E-state index in [1.807, 2.05) is 19.1 Å². The molecule has 0 fully saturated rings. The first-order valence-electron chi connectivity index (χ1n) is 4.06. The van der Waals surface area contributed by atoms with Crippen molar-refractivity contribution < 1.29 is 4.74 Å². The molecule has 0 atom stereocenters. The number of ether oxygens (including phenoxy) is 1. The van der Waals surface area contributed by atoms with Crippen LogP contribution in [0.2, 0.25) is 5.02 Å². The summed E-state index contributed by atoms with van der Waals surface area (Å²) in [5.41, 5.74) is 1.04. The molecule has 0 aliphatic rings. The highest BCUT2D eigenvalue weighted by atomic mass is 35.5. The summed E-state index contributed by atoms with van der Waals surface area (Å²) in [5, 5.41) is 9.05. The van der Waals surface area contributed by atoms with Crippen LogP contribution in [0.15, 0.2) is 18.2 Å². The standard InChI is InChI=1S/C10H10ClNO/c1-2-8-7-9(13-6-5-12)3-4-10(8)11/h3-4,7H,2,6H2,1H3. The molecule has 0 bridgehead atoms. The molecule has 0 aromatic heterocycles. The fourth-order valence-corrected chi connectivity index (χ4v) is 1.28. The number of hydrogen-bond acceptors (Lipinski definition) is 2. The summed E-state index contributed by atoms with van der Waals surface area (Å²) in [6, 6.07) is 7.32. The lowest BCUT2D eigenvalue weighted by molar-refractivity contribution is 0.368. The first-order valence-corrected chi connectivity index (χ1v) is 4.44. The summed E-state index contributed by atoms with van der Waals surface area (Å²) in [4.78, 5) is 0. The van der Waals surface area contributed by atoms with E-state index in [1.165, 1.54) is 0 Å². The topological polar surface area (TPSA) is 33.0 Å². The van der Waals surface area contributed by atoms with Gasteiger partial charge in [-0.2, -0.15) is 5.26 Å². The van der Waals surface area contributed by atoms with Crippen LogP contribution in [0.4, 0.5) is 0 Å². The van der Waals surface area contributed by atoms with Gasteiger partial charge in [-0.1, -0.05) is 18.5 Å². The summed E-state index contributed by atoms with van der Waals surface area (Å²) in [6.45, 7) is 2.10. The molecule has 68 valence electrons. The first kappa shape index (κ1) is 9.88. The zero-order chi connectivity index (χ0) is 9.68. The van der Waals surface area contributed by atoms with Crippen LogP contribution in [0.1, 0.15) is 12.5 Å². The Balaban J connectivity index is 2.81. The summed E-state index contributed by atoms with van der Waals surface area (Å²) >= 11 is 5.91. The molecule has 0 aliphatic carbocycles. The number of nitrogens with zero attached hydrogens (tertiary/aromatic N) is 1. The van der Waals surface area contributed by atoms with Gasteiger partial charge >= 0.3 is 0 Å². The van der Waals surface area contributed by atoms with Crippen molar-refractivity contribution in [2.24, 2.45) is 0 Å². The number of rotatable bonds is 3. The highest BCUT2D eigenvalue weighted by Gasteiger charge is 2.00. The van der Waals surface area contributed by atoms with Gasteiger partial charge in [-0.25, -0.2) is 0 Å². The Hall–Kier alpha value is -1.20. The summed E-state index contributed by atoms with van der Waals surface area (Å²) in [5.74, 6) is 0.697. The zero-order valence-corrected chi connectivity index (χ0v) is 8.14. The van der Waals surface area contributed by atoms with E-state index in [4.69, 9.17) is 21.6 Å². The monoisotopic (exact) mass is 195 g/mol. The lowest BCUT2D eigenvalue weighted by Crippen LogP contribution is -1.94. The normalized spacial score (nSPS) is 9.31. The molecular weight excluding hydrogens is 186 g/mol. The van der Waals surface area contributed by atoms with Crippen LogP contribution in [0.25, 0.3) is 0 Å². The second-order valence-corrected chi connectivity index (χ2v) is 2.96. The Morgan fingerprint density at radius 2 is 2.31 bits per heavy atom. The molecule has 0 saturated heterocycles. The second kappa shape index (κ2) is 4.74. The molecule has 0 radical (unpaired) electrons. The van der Waals surface area contributed by atoms with Crippen LogP contribution in [0, 0.1) is 11.3 Å². The molecule has 2 nitrogen and oxygen atoms in total. The van der Waals surface area contributed by atoms with Crippen molar-refractivity contribution in [1.82, 2.24) is 0 Å². The van der Waals surface area contributed by atoms with Gasteiger partial charge in [0.05, 0.1) is 0 Å². The number of halogens is 1. The lowest BCUT2D eigenvalue weighted by atomic mass is 10.1. The van der Waals surface area contributed by atoms with Gasteiger partial charge in [-0.3, -0.25) is 0 Å². The van der Waals surface area contributed by atoms with Gasteiger partial charge in [0.1, 0.15) is 11.8 Å². The predicted octanol–water partition coefficient (Wildman–Crippen LogP) is 2.80. The SMILES string of the molecule is CCc1cc(OCC#N)ccc1Cl. The molecule has 3 heteroatoms. The molecule has 1 aromatic carbocycles. The minimum absolute atomic E-state index is 0.0742. The van der Waals surface area contributed by atoms with Crippen LogP contribution in [-0.2, 0) is 6.42 Å². The van der Waals surface area contributed by atoms with E-state index in [9.17, 15) is 0 Å². The molecule has 0 aliphatic heterocycles. The van der Waals surface area contributed by atoms with Gasteiger partial charge < -0.3 is 4.74 Å². The quantitative estimate of drug-likeness (QED) is 0.743. The Labute approximate surface area is 82.7 Å².